The van der Waals surface area contributed by atoms with Crippen LogP contribution < -0.4 is 10.2 Å². The number of pyridine rings is 1. The second kappa shape index (κ2) is 8.74. The standard InChI is InChI=1S/C28H30N4O/c1-19-12-15-32-25(28(30-26(32)16-19)22-7-6-20(2)21(3)17-22)18-27(33)29-23-8-10-24(11-9-23)31-13-4-5-14-31/h6-12,15-17H,4-5,13-14,18H2,1-3H3,(H,29,33). The van der Waals surface area contributed by atoms with Gasteiger partial charge >= 0.3 is 0 Å². The number of aromatic nitrogens is 2. The summed E-state index contributed by atoms with van der Waals surface area (Å²) in [4.78, 5) is 20.4. The lowest BCUT2D eigenvalue weighted by Gasteiger charge is -2.17. The number of aryl methyl sites for hydroxylation is 3. The maximum atomic E-state index is 13.1. The molecule has 33 heavy (non-hydrogen) atoms. The molecule has 0 atom stereocenters. The van der Waals surface area contributed by atoms with Crippen LogP contribution in [0.5, 0.6) is 0 Å². The van der Waals surface area contributed by atoms with Crippen LogP contribution in [0.25, 0.3) is 16.9 Å². The summed E-state index contributed by atoms with van der Waals surface area (Å²) >= 11 is 0. The first-order valence-corrected chi connectivity index (χ1v) is 11.7. The molecule has 5 nitrogen and oxygen atoms in total. The quantitative estimate of drug-likeness (QED) is 0.434. The molecule has 5 heteroatoms. The van der Waals surface area contributed by atoms with E-state index in [1.165, 1.54) is 29.7 Å². The second-order valence-corrected chi connectivity index (χ2v) is 9.10. The fraction of sp³-hybridized carbons (Fsp3) is 0.286. The molecule has 0 aliphatic carbocycles. The van der Waals surface area contributed by atoms with Gasteiger partial charge in [-0.1, -0.05) is 12.1 Å². The van der Waals surface area contributed by atoms with Crippen molar-refractivity contribution >= 4 is 22.9 Å². The number of nitrogens with one attached hydrogen (secondary N) is 1. The van der Waals surface area contributed by atoms with Crippen molar-refractivity contribution in [2.75, 3.05) is 23.3 Å². The van der Waals surface area contributed by atoms with Gasteiger partial charge in [-0.3, -0.25) is 4.79 Å². The largest absolute Gasteiger partial charge is 0.372 e. The van der Waals surface area contributed by atoms with Gasteiger partial charge in [-0.15, -0.1) is 0 Å². The first-order chi connectivity index (χ1) is 16.0. The minimum Gasteiger partial charge on any atom is -0.372 e. The number of hydrogen-bond acceptors (Lipinski definition) is 3. The smallest absolute Gasteiger partial charge is 0.230 e. The number of imidazole rings is 1. The summed E-state index contributed by atoms with van der Waals surface area (Å²) in [5, 5.41) is 3.07. The Morgan fingerprint density at radius 2 is 1.70 bits per heavy atom. The van der Waals surface area contributed by atoms with Crippen LogP contribution in [0.4, 0.5) is 11.4 Å². The van der Waals surface area contributed by atoms with Crippen LogP contribution in [-0.4, -0.2) is 28.4 Å². The van der Waals surface area contributed by atoms with E-state index in [1.807, 2.05) is 22.7 Å². The van der Waals surface area contributed by atoms with Crippen molar-refractivity contribution in [1.29, 1.82) is 0 Å². The minimum atomic E-state index is -0.0450. The minimum absolute atomic E-state index is 0.0450. The van der Waals surface area contributed by atoms with E-state index in [1.54, 1.807) is 0 Å². The van der Waals surface area contributed by atoms with Gasteiger partial charge in [0.25, 0.3) is 0 Å². The average molecular weight is 439 g/mol. The molecule has 1 amide bonds. The van der Waals surface area contributed by atoms with E-state index in [0.29, 0.717) is 0 Å². The Bertz CT molecular complexity index is 1310. The molecule has 5 rings (SSSR count). The van der Waals surface area contributed by atoms with E-state index in [2.05, 4.69) is 73.5 Å². The number of anilines is 2. The molecule has 1 aliphatic heterocycles. The number of amides is 1. The van der Waals surface area contributed by atoms with Gasteiger partial charge in [0.05, 0.1) is 17.8 Å². The average Bonchev–Trinajstić information content (AvgIpc) is 3.45. The Labute approximate surface area is 195 Å². The Morgan fingerprint density at radius 1 is 0.939 bits per heavy atom. The van der Waals surface area contributed by atoms with Crippen LogP contribution in [0.3, 0.4) is 0 Å². The van der Waals surface area contributed by atoms with Gasteiger partial charge in [0.1, 0.15) is 5.65 Å². The highest BCUT2D eigenvalue weighted by Gasteiger charge is 2.18. The van der Waals surface area contributed by atoms with Crippen LogP contribution in [0.2, 0.25) is 0 Å². The Hall–Kier alpha value is -3.60. The van der Waals surface area contributed by atoms with Crippen LogP contribution >= 0.6 is 0 Å². The molecular weight excluding hydrogens is 408 g/mol. The lowest BCUT2D eigenvalue weighted by atomic mass is 10.0. The molecule has 2 aromatic carbocycles. The fourth-order valence-corrected chi connectivity index (χ4v) is 4.57. The van der Waals surface area contributed by atoms with Crippen LogP contribution in [-0.2, 0) is 11.2 Å². The van der Waals surface area contributed by atoms with Crippen molar-refractivity contribution in [3.8, 4) is 11.3 Å². The predicted molar refractivity (Wildman–Crippen MR) is 135 cm³/mol. The molecular formula is C28H30N4O. The number of rotatable bonds is 5. The normalized spacial score (nSPS) is 13.6. The zero-order valence-electron chi connectivity index (χ0n) is 19.6. The van der Waals surface area contributed by atoms with Crippen molar-refractivity contribution in [3.63, 3.8) is 0 Å². The Kier molecular flexibility index (Phi) is 5.63. The zero-order chi connectivity index (χ0) is 22.9. The van der Waals surface area contributed by atoms with E-state index < -0.39 is 0 Å². The van der Waals surface area contributed by atoms with E-state index in [9.17, 15) is 4.79 Å². The van der Waals surface area contributed by atoms with Gasteiger partial charge in [0.15, 0.2) is 0 Å². The van der Waals surface area contributed by atoms with Gasteiger partial charge < -0.3 is 14.6 Å². The lowest BCUT2D eigenvalue weighted by Crippen LogP contribution is -2.18. The molecule has 0 radical (unpaired) electrons. The van der Waals surface area contributed by atoms with Crippen molar-refractivity contribution < 1.29 is 4.79 Å². The molecule has 0 spiro atoms. The molecule has 0 bridgehead atoms. The summed E-state index contributed by atoms with van der Waals surface area (Å²) in [5.74, 6) is -0.0450. The lowest BCUT2D eigenvalue weighted by molar-refractivity contribution is -0.115. The fourth-order valence-electron chi connectivity index (χ4n) is 4.57. The van der Waals surface area contributed by atoms with Gasteiger partial charge in [0.2, 0.25) is 5.91 Å². The third kappa shape index (κ3) is 4.36. The van der Waals surface area contributed by atoms with Crippen molar-refractivity contribution in [1.82, 2.24) is 9.38 Å². The molecule has 1 N–H and O–H groups in total. The SMILES string of the molecule is Cc1ccn2c(CC(=O)Nc3ccc(N4CCCC4)cc3)c(-c3ccc(C)c(C)c3)nc2c1. The highest BCUT2D eigenvalue weighted by atomic mass is 16.1. The van der Waals surface area contributed by atoms with E-state index in [-0.39, 0.29) is 12.3 Å². The van der Waals surface area contributed by atoms with Crippen molar-refractivity contribution in [3.05, 3.63) is 83.2 Å². The maximum absolute atomic E-state index is 13.1. The number of benzene rings is 2. The topological polar surface area (TPSA) is 49.6 Å². The predicted octanol–water partition coefficient (Wildman–Crippen LogP) is 5.71. The summed E-state index contributed by atoms with van der Waals surface area (Å²) in [6.07, 6.45) is 4.76. The highest BCUT2D eigenvalue weighted by Crippen LogP contribution is 2.28. The highest BCUT2D eigenvalue weighted by molar-refractivity contribution is 5.93. The molecule has 4 aromatic rings. The first kappa shape index (κ1) is 21.3. The summed E-state index contributed by atoms with van der Waals surface area (Å²) in [6, 6.07) is 18.7. The molecule has 1 saturated heterocycles. The molecule has 1 aliphatic rings. The third-order valence-corrected chi connectivity index (χ3v) is 6.61. The van der Waals surface area contributed by atoms with E-state index in [4.69, 9.17) is 4.98 Å². The number of nitrogens with zero attached hydrogens (tertiary/aromatic N) is 3. The summed E-state index contributed by atoms with van der Waals surface area (Å²) in [5.41, 5.74) is 9.32. The monoisotopic (exact) mass is 438 g/mol. The Morgan fingerprint density at radius 3 is 2.42 bits per heavy atom. The van der Waals surface area contributed by atoms with Gasteiger partial charge in [-0.25, -0.2) is 4.98 Å². The third-order valence-electron chi connectivity index (χ3n) is 6.61. The number of carbonyl (C=O) groups excluding carboxylic acids is 1. The number of fused-ring (bicyclic) bond motifs is 1. The molecule has 0 unspecified atom stereocenters. The van der Waals surface area contributed by atoms with Gasteiger partial charge in [0, 0.05) is 36.2 Å². The van der Waals surface area contributed by atoms with Gasteiger partial charge in [-0.2, -0.15) is 0 Å². The van der Waals surface area contributed by atoms with E-state index >= 15 is 0 Å². The number of hydrogen-bond donors (Lipinski definition) is 1. The second-order valence-electron chi connectivity index (χ2n) is 9.10. The summed E-state index contributed by atoms with van der Waals surface area (Å²) in [6.45, 7) is 8.50. The number of carbonyl (C=O) groups is 1. The van der Waals surface area contributed by atoms with Gasteiger partial charge in [-0.05, 0) is 92.8 Å². The van der Waals surface area contributed by atoms with E-state index in [0.717, 1.165) is 46.9 Å². The van der Waals surface area contributed by atoms with Crippen LogP contribution in [0, 0.1) is 20.8 Å². The molecule has 0 saturated carbocycles. The van der Waals surface area contributed by atoms with Crippen LogP contribution in [0.1, 0.15) is 35.2 Å². The van der Waals surface area contributed by atoms with Crippen molar-refractivity contribution in [2.24, 2.45) is 0 Å². The summed E-state index contributed by atoms with van der Waals surface area (Å²) < 4.78 is 2.04. The maximum Gasteiger partial charge on any atom is 0.230 e. The van der Waals surface area contributed by atoms with Crippen LogP contribution in [0.15, 0.2) is 60.8 Å². The molecule has 1 fully saturated rings. The molecule has 2 aromatic heterocycles. The molecule has 3 heterocycles. The molecule has 168 valence electrons. The first-order valence-electron chi connectivity index (χ1n) is 11.7. The summed E-state index contributed by atoms with van der Waals surface area (Å²) in [7, 11) is 0. The zero-order valence-corrected chi connectivity index (χ0v) is 19.6. The van der Waals surface area contributed by atoms with Crippen molar-refractivity contribution in [2.45, 2.75) is 40.0 Å². The Balaban J connectivity index is 1.42.